The van der Waals surface area contributed by atoms with Crippen LogP contribution in [0.2, 0.25) is 0 Å². The molecule has 0 spiro atoms. The number of nitrogens with zero attached hydrogens (tertiary/aromatic N) is 3. The van der Waals surface area contributed by atoms with E-state index in [2.05, 4.69) is 15.5 Å². The minimum atomic E-state index is -0.376. The van der Waals surface area contributed by atoms with Crippen LogP contribution in [0, 0.1) is 6.92 Å². The predicted molar refractivity (Wildman–Crippen MR) is 133 cm³/mol. The number of anilines is 1. The van der Waals surface area contributed by atoms with Crippen molar-refractivity contribution in [3.63, 3.8) is 0 Å². The molecule has 6 nitrogen and oxygen atoms in total. The third-order valence-electron chi connectivity index (χ3n) is 5.13. The molecule has 168 valence electrons. The second-order valence-electron chi connectivity index (χ2n) is 7.50. The first-order valence-electron chi connectivity index (χ1n) is 10.8. The quantitative estimate of drug-likeness (QED) is 0.340. The van der Waals surface area contributed by atoms with Gasteiger partial charge < -0.3 is 10.1 Å². The molecule has 1 unspecified atom stereocenters. The molecule has 0 aliphatic carbocycles. The van der Waals surface area contributed by atoms with Crippen molar-refractivity contribution in [2.75, 3.05) is 11.9 Å². The molecule has 7 heteroatoms. The van der Waals surface area contributed by atoms with E-state index in [1.54, 1.807) is 0 Å². The van der Waals surface area contributed by atoms with Gasteiger partial charge in [-0.3, -0.25) is 9.36 Å². The minimum absolute atomic E-state index is 0.0863. The van der Waals surface area contributed by atoms with Gasteiger partial charge >= 0.3 is 0 Å². The fraction of sp³-hybridized carbons (Fsp3) is 0.192. The minimum Gasteiger partial charge on any atom is -0.494 e. The van der Waals surface area contributed by atoms with Crippen molar-refractivity contribution < 1.29 is 9.53 Å². The van der Waals surface area contributed by atoms with Gasteiger partial charge in [-0.15, -0.1) is 10.2 Å². The molecular weight excluding hydrogens is 432 g/mol. The summed E-state index contributed by atoms with van der Waals surface area (Å²) in [6.45, 7) is 6.41. The third-order valence-corrected chi connectivity index (χ3v) is 6.17. The lowest BCUT2D eigenvalue weighted by Crippen LogP contribution is -2.23. The molecule has 0 bridgehead atoms. The molecule has 1 aromatic heterocycles. The molecule has 1 heterocycles. The van der Waals surface area contributed by atoms with Crippen LogP contribution < -0.4 is 10.1 Å². The summed E-state index contributed by atoms with van der Waals surface area (Å²) < 4.78 is 7.57. The maximum Gasteiger partial charge on any atom is 0.237 e. The van der Waals surface area contributed by atoms with Crippen molar-refractivity contribution in [1.29, 1.82) is 0 Å². The number of rotatable bonds is 8. The largest absolute Gasteiger partial charge is 0.494 e. The number of hydrogen-bond acceptors (Lipinski definition) is 5. The lowest BCUT2D eigenvalue weighted by molar-refractivity contribution is -0.115. The molecule has 1 N–H and O–H groups in total. The summed E-state index contributed by atoms with van der Waals surface area (Å²) in [6.07, 6.45) is 0. The number of aryl methyl sites for hydroxylation is 1. The van der Waals surface area contributed by atoms with Crippen molar-refractivity contribution in [3.05, 3.63) is 84.4 Å². The first-order valence-corrected chi connectivity index (χ1v) is 11.7. The number of ether oxygens (including phenoxy) is 1. The molecule has 0 fully saturated rings. The maximum atomic E-state index is 12.9. The van der Waals surface area contributed by atoms with Crippen LogP contribution in [0.15, 0.2) is 84.0 Å². The zero-order chi connectivity index (χ0) is 23.2. The van der Waals surface area contributed by atoms with Gasteiger partial charge in [-0.1, -0.05) is 60.3 Å². The van der Waals surface area contributed by atoms with Gasteiger partial charge in [-0.25, -0.2) is 0 Å². The van der Waals surface area contributed by atoms with Crippen molar-refractivity contribution in [3.8, 4) is 22.8 Å². The van der Waals surface area contributed by atoms with Gasteiger partial charge in [-0.05, 0) is 56.7 Å². The Kier molecular flexibility index (Phi) is 7.10. The smallest absolute Gasteiger partial charge is 0.237 e. The Balaban J connectivity index is 1.64. The van der Waals surface area contributed by atoms with Crippen LogP contribution in [0.3, 0.4) is 0 Å². The summed E-state index contributed by atoms with van der Waals surface area (Å²) in [4.78, 5) is 12.9. The topological polar surface area (TPSA) is 69.0 Å². The molecule has 0 radical (unpaired) electrons. The lowest BCUT2D eigenvalue weighted by Gasteiger charge is -2.15. The molecule has 0 aliphatic rings. The highest BCUT2D eigenvalue weighted by atomic mass is 32.2. The molecule has 4 rings (SSSR count). The molecule has 0 saturated carbocycles. The van der Waals surface area contributed by atoms with E-state index in [-0.39, 0.29) is 11.2 Å². The molecule has 1 atom stereocenters. The van der Waals surface area contributed by atoms with Crippen LogP contribution in [0.5, 0.6) is 5.75 Å². The summed E-state index contributed by atoms with van der Waals surface area (Å²) in [5, 5.41) is 12.2. The standard InChI is InChI=1S/C26H26N4O2S/c1-4-32-22-16-14-21(15-17-22)30-24(20-11-6-5-7-12-20)28-29-26(30)33-19(3)25(31)27-23-13-9-8-10-18(23)2/h5-17,19H,4H2,1-3H3,(H,27,31). The van der Waals surface area contributed by atoms with Crippen molar-refractivity contribution >= 4 is 23.4 Å². The normalized spacial score (nSPS) is 11.7. The van der Waals surface area contributed by atoms with E-state index in [1.165, 1.54) is 11.8 Å². The Morgan fingerprint density at radius 1 is 1.00 bits per heavy atom. The summed E-state index contributed by atoms with van der Waals surface area (Å²) in [5.74, 6) is 1.43. The molecule has 4 aromatic rings. The van der Waals surface area contributed by atoms with Gasteiger partial charge in [0.1, 0.15) is 5.75 Å². The van der Waals surface area contributed by atoms with E-state index in [4.69, 9.17) is 4.74 Å². The Labute approximate surface area is 198 Å². The average molecular weight is 459 g/mol. The Morgan fingerprint density at radius 2 is 1.70 bits per heavy atom. The van der Waals surface area contributed by atoms with Crippen LogP contribution in [-0.2, 0) is 4.79 Å². The van der Waals surface area contributed by atoms with E-state index >= 15 is 0 Å². The zero-order valence-electron chi connectivity index (χ0n) is 18.9. The highest BCUT2D eigenvalue weighted by Gasteiger charge is 2.22. The first kappa shape index (κ1) is 22.6. The van der Waals surface area contributed by atoms with Crippen LogP contribution in [0.4, 0.5) is 5.69 Å². The van der Waals surface area contributed by atoms with Crippen molar-refractivity contribution in [2.45, 2.75) is 31.2 Å². The lowest BCUT2D eigenvalue weighted by atomic mass is 10.2. The van der Waals surface area contributed by atoms with E-state index in [0.29, 0.717) is 17.6 Å². The van der Waals surface area contributed by atoms with Gasteiger partial charge in [0, 0.05) is 16.9 Å². The summed E-state index contributed by atoms with van der Waals surface area (Å²) in [6, 6.07) is 25.4. The predicted octanol–water partition coefficient (Wildman–Crippen LogP) is 5.76. The van der Waals surface area contributed by atoms with Gasteiger partial charge in [0.25, 0.3) is 0 Å². The fourth-order valence-corrected chi connectivity index (χ4v) is 4.24. The Hall–Kier alpha value is -3.58. The Bertz CT molecular complexity index is 1220. The molecule has 1 amide bonds. The first-order chi connectivity index (χ1) is 16.1. The van der Waals surface area contributed by atoms with E-state index in [9.17, 15) is 4.79 Å². The van der Waals surface area contributed by atoms with Gasteiger partial charge in [0.2, 0.25) is 5.91 Å². The molecule has 3 aromatic carbocycles. The number of thioether (sulfide) groups is 1. The van der Waals surface area contributed by atoms with E-state index < -0.39 is 0 Å². The summed E-state index contributed by atoms with van der Waals surface area (Å²) >= 11 is 1.37. The number of carbonyl (C=O) groups is 1. The molecule has 0 saturated heterocycles. The number of aromatic nitrogens is 3. The number of benzene rings is 3. The molecule has 33 heavy (non-hydrogen) atoms. The van der Waals surface area contributed by atoms with Crippen molar-refractivity contribution in [2.24, 2.45) is 0 Å². The average Bonchev–Trinajstić information content (AvgIpc) is 3.25. The zero-order valence-corrected chi connectivity index (χ0v) is 19.7. The van der Waals surface area contributed by atoms with Crippen LogP contribution in [0.1, 0.15) is 19.4 Å². The second-order valence-corrected chi connectivity index (χ2v) is 8.81. The number of carbonyl (C=O) groups excluding carboxylic acids is 1. The number of hydrogen-bond donors (Lipinski definition) is 1. The van der Waals surface area contributed by atoms with Gasteiger partial charge in [0.15, 0.2) is 11.0 Å². The van der Waals surface area contributed by atoms with Crippen LogP contribution in [-0.4, -0.2) is 32.5 Å². The number of para-hydroxylation sites is 1. The third kappa shape index (κ3) is 5.26. The van der Waals surface area contributed by atoms with Crippen LogP contribution in [0.25, 0.3) is 17.1 Å². The SMILES string of the molecule is CCOc1ccc(-n2c(SC(C)C(=O)Nc3ccccc3C)nnc2-c2ccccc2)cc1. The summed E-state index contributed by atoms with van der Waals surface area (Å²) in [5.41, 5.74) is 3.68. The highest BCUT2D eigenvalue weighted by Crippen LogP contribution is 2.31. The molecular formula is C26H26N4O2S. The molecule has 0 aliphatic heterocycles. The monoisotopic (exact) mass is 458 g/mol. The maximum absolute atomic E-state index is 12.9. The Morgan fingerprint density at radius 3 is 2.39 bits per heavy atom. The van der Waals surface area contributed by atoms with E-state index in [0.717, 1.165) is 28.3 Å². The highest BCUT2D eigenvalue weighted by molar-refractivity contribution is 8.00. The fourth-order valence-electron chi connectivity index (χ4n) is 3.37. The number of nitrogens with one attached hydrogen (secondary N) is 1. The summed E-state index contributed by atoms with van der Waals surface area (Å²) in [7, 11) is 0. The number of amides is 1. The second kappa shape index (κ2) is 10.4. The van der Waals surface area contributed by atoms with E-state index in [1.807, 2.05) is 104 Å². The van der Waals surface area contributed by atoms with Crippen molar-refractivity contribution in [1.82, 2.24) is 14.8 Å². The van der Waals surface area contributed by atoms with Crippen LogP contribution >= 0.6 is 11.8 Å². The van der Waals surface area contributed by atoms with Gasteiger partial charge in [-0.2, -0.15) is 0 Å². The van der Waals surface area contributed by atoms with Gasteiger partial charge in [0.05, 0.1) is 11.9 Å².